The van der Waals surface area contributed by atoms with Gasteiger partial charge in [0.05, 0.1) is 10.6 Å². The summed E-state index contributed by atoms with van der Waals surface area (Å²) in [4.78, 5) is 28.3. The van der Waals surface area contributed by atoms with Crippen LogP contribution in [0.2, 0.25) is 5.02 Å². The van der Waals surface area contributed by atoms with Gasteiger partial charge in [0.15, 0.2) is 0 Å². The standard InChI is InChI=1S/C19H18ClFN2O2/c1-12-6-8-14(9-7-12)23-10-13(2)22(11-17(23)24)19(25)18-15(20)4-3-5-16(18)21/h3-9,13H,10-11H2,1-2H3. The Labute approximate surface area is 150 Å². The van der Waals surface area contributed by atoms with Gasteiger partial charge in [-0.15, -0.1) is 0 Å². The predicted molar refractivity (Wildman–Crippen MR) is 95.4 cm³/mol. The summed E-state index contributed by atoms with van der Waals surface area (Å²) >= 11 is 5.98. The summed E-state index contributed by atoms with van der Waals surface area (Å²) in [5, 5.41) is 0.0469. The van der Waals surface area contributed by atoms with Crippen LogP contribution in [0.4, 0.5) is 10.1 Å². The van der Waals surface area contributed by atoms with Crippen LogP contribution in [-0.2, 0) is 4.79 Å². The Bertz CT molecular complexity index is 802. The lowest BCUT2D eigenvalue weighted by molar-refractivity contribution is -0.121. The van der Waals surface area contributed by atoms with Crippen LogP contribution in [0.3, 0.4) is 0 Å². The molecule has 1 aliphatic rings. The van der Waals surface area contributed by atoms with E-state index in [2.05, 4.69) is 0 Å². The number of aryl methyl sites for hydroxylation is 1. The van der Waals surface area contributed by atoms with Crippen molar-refractivity contribution >= 4 is 29.1 Å². The molecule has 25 heavy (non-hydrogen) atoms. The van der Waals surface area contributed by atoms with Crippen LogP contribution in [0.1, 0.15) is 22.8 Å². The van der Waals surface area contributed by atoms with Gasteiger partial charge in [0.2, 0.25) is 5.91 Å². The third-order valence-electron chi connectivity index (χ3n) is 4.37. The van der Waals surface area contributed by atoms with Crippen molar-refractivity contribution in [2.45, 2.75) is 19.9 Å². The Hall–Kier alpha value is -2.40. The molecule has 1 unspecified atom stereocenters. The molecule has 1 fully saturated rings. The zero-order valence-electron chi connectivity index (χ0n) is 14.0. The lowest BCUT2D eigenvalue weighted by Crippen LogP contribution is -2.57. The largest absolute Gasteiger partial charge is 0.325 e. The third kappa shape index (κ3) is 3.37. The average molecular weight is 361 g/mol. The van der Waals surface area contributed by atoms with E-state index in [1.165, 1.54) is 23.1 Å². The first-order valence-electron chi connectivity index (χ1n) is 8.00. The van der Waals surface area contributed by atoms with Crippen molar-refractivity contribution in [1.29, 1.82) is 0 Å². The van der Waals surface area contributed by atoms with Crippen molar-refractivity contribution in [1.82, 2.24) is 4.90 Å². The van der Waals surface area contributed by atoms with E-state index in [9.17, 15) is 14.0 Å². The fraction of sp³-hybridized carbons (Fsp3) is 0.263. The van der Waals surface area contributed by atoms with Crippen molar-refractivity contribution in [3.63, 3.8) is 0 Å². The van der Waals surface area contributed by atoms with E-state index in [0.717, 1.165) is 11.3 Å². The van der Waals surface area contributed by atoms with Crippen molar-refractivity contribution in [3.8, 4) is 0 Å². The van der Waals surface area contributed by atoms with Crippen molar-refractivity contribution < 1.29 is 14.0 Å². The van der Waals surface area contributed by atoms with Crippen molar-refractivity contribution in [2.24, 2.45) is 0 Å². The lowest BCUT2D eigenvalue weighted by Gasteiger charge is -2.39. The highest BCUT2D eigenvalue weighted by atomic mass is 35.5. The molecule has 0 N–H and O–H groups in total. The predicted octanol–water partition coefficient (Wildman–Crippen LogP) is 3.67. The zero-order valence-corrected chi connectivity index (χ0v) is 14.8. The number of hydrogen-bond donors (Lipinski definition) is 0. The summed E-state index contributed by atoms with van der Waals surface area (Å²) < 4.78 is 14.0. The summed E-state index contributed by atoms with van der Waals surface area (Å²) in [6.45, 7) is 4.04. The van der Waals surface area contributed by atoms with E-state index in [1.807, 2.05) is 38.1 Å². The van der Waals surface area contributed by atoms with Crippen LogP contribution in [0, 0.1) is 12.7 Å². The summed E-state index contributed by atoms with van der Waals surface area (Å²) in [5.74, 6) is -1.45. The highest BCUT2D eigenvalue weighted by Crippen LogP contribution is 2.25. The molecule has 3 rings (SSSR count). The van der Waals surface area contributed by atoms with E-state index >= 15 is 0 Å². The highest BCUT2D eigenvalue weighted by Gasteiger charge is 2.35. The zero-order chi connectivity index (χ0) is 18.1. The average Bonchev–Trinajstić information content (AvgIpc) is 2.57. The fourth-order valence-electron chi connectivity index (χ4n) is 2.94. The van der Waals surface area contributed by atoms with Gasteiger partial charge in [-0.05, 0) is 38.1 Å². The molecule has 6 heteroatoms. The minimum atomic E-state index is -0.682. The summed E-state index contributed by atoms with van der Waals surface area (Å²) in [6, 6.07) is 11.5. The number of benzene rings is 2. The molecule has 1 heterocycles. The Morgan fingerprint density at radius 1 is 1.20 bits per heavy atom. The van der Waals surface area contributed by atoms with Gasteiger partial charge in [-0.25, -0.2) is 4.39 Å². The Morgan fingerprint density at radius 3 is 2.52 bits per heavy atom. The summed E-state index contributed by atoms with van der Waals surface area (Å²) in [5.41, 5.74) is 1.71. The monoisotopic (exact) mass is 360 g/mol. The molecule has 1 saturated heterocycles. The van der Waals surface area contributed by atoms with Gasteiger partial charge in [-0.2, -0.15) is 0 Å². The maximum absolute atomic E-state index is 14.0. The van der Waals surface area contributed by atoms with Crippen LogP contribution in [-0.4, -0.2) is 35.8 Å². The number of nitrogens with zero attached hydrogens (tertiary/aromatic N) is 2. The summed E-state index contributed by atoms with van der Waals surface area (Å²) in [6.07, 6.45) is 0. The van der Waals surface area contributed by atoms with Crippen LogP contribution >= 0.6 is 11.6 Å². The van der Waals surface area contributed by atoms with Crippen LogP contribution in [0.25, 0.3) is 0 Å². The smallest absolute Gasteiger partial charge is 0.259 e. The number of hydrogen-bond acceptors (Lipinski definition) is 2. The van der Waals surface area contributed by atoms with Gasteiger partial charge in [0.1, 0.15) is 12.4 Å². The van der Waals surface area contributed by atoms with Gasteiger partial charge < -0.3 is 9.80 Å². The molecule has 1 aliphatic heterocycles. The highest BCUT2D eigenvalue weighted by molar-refractivity contribution is 6.33. The number of anilines is 1. The summed E-state index contributed by atoms with van der Waals surface area (Å²) in [7, 11) is 0. The Kier molecular flexibility index (Phi) is 4.77. The van der Waals surface area contributed by atoms with E-state index in [1.54, 1.807) is 4.90 Å². The normalized spacial score (nSPS) is 17.8. The SMILES string of the molecule is Cc1ccc(N2CC(C)N(C(=O)c3c(F)cccc3Cl)CC2=O)cc1. The second-order valence-corrected chi connectivity index (χ2v) is 6.63. The minimum Gasteiger partial charge on any atom is -0.325 e. The molecule has 0 spiro atoms. The second kappa shape index (κ2) is 6.84. The van der Waals surface area contributed by atoms with Gasteiger partial charge in [-0.1, -0.05) is 35.4 Å². The molecule has 0 aromatic heterocycles. The van der Waals surface area contributed by atoms with E-state index in [4.69, 9.17) is 11.6 Å². The molecule has 2 aromatic carbocycles. The molecule has 1 atom stereocenters. The number of piperazine rings is 1. The minimum absolute atomic E-state index is 0.0469. The van der Waals surface area contributed by atoms with Crippen LogP contribution in [0.15, 0.2) is 42.5 Å². The van der Waals surface area contributed by atoms with Gasteiger partial charge in [-0.3, -0.25) is 9.59 Å². The van der Waals surface area contributed by atoms with E-state index in [0.29, 0.717) is 6.54 Å². The van der Waals surface area contributed by atoms with Crippen LogP contribution in [0.5, 0.6) is 0 Å². The Balaban J connectivity index is 1.84. The molecule has 0 radical (unpaired) electrons. The number of carbonyl (C=O) groups excluding carboxylic acids is 2. The number of halogens is 2. The molecular formula is C19H18ClFN2O2. The molecular weight excluding hydrogens is 343 g/mol. The Morgan fingerprint density at radius 2 is 1.88 bits per heavy atom. The molecule has 0 saturated carbocycles. The molecule has 0 aliphatic carbocycles. The van der Waals surface area contributed by atoms with E-state index in [-0.39, 0.29) is 29.1 Å². The van der Waals surface area contributed by atoms with Crippen LogP contribution < -0.4 is 4.90 Å². The maximum atomic E-state index is 14.0. The quantitative estimate of drug-likeness (QED) is 0.820. The van der Waals surface area contributed by atoms with Gasteiger partial charge in [0.25, 0.3) is 5.91 Å². The maximum Gasteiger partial charge on any atom is 0.259 e. The fourth-order valence-corrected chi connectivity index (χ4v) is 3.19. The molecule has 130 valence electrons. The second-order valence-electron chi connectivity index (χ2n) is 6.22. The first-order chi connectivity index (χ1) is 11.9. The van der Waals surface area contributed by atoms with Gasteiger partial charge in [0, 0.05) is 18.3 Å². The molecule has 4 nitrogen and oxygen atoms in total. The van der Waals surface area contributed by atoms with Crippen molar-refractivity contribution in [3.05, 3.63) is 64.4 Å². The first-order valence-corrected chi connectivity index (χ1v) is 8.38. The number of amides is 2. The topological polar surface area (TPSA) is 40.6 Å². The molecule has 2 aromatic rings. The number of rotatable bonds is 2. The van der Waals surface area contributed by atoms with E-state index < -0.39 is 11.7 Å². The molecule has 0 bridgehead atoms. The third-order valence-corrected chi connectivity index (χ3v) is 4.68. The first kappa shape index (κ1) is 17.4. The number of carbonyl (C=O) groups is 2. The molecule has 2 amide bonds. The van der Waals surface area contributed by atoms with Gasteiger partial charge >= 0.3 is 0 Å². The van der Waals surface area contributed by atoms with Crippen molar-refractivity contribution in [2.75, 3.05) is 18.0 Å². The lowest BCUT2D eigenvalue weighted by atomic mass is 10.1.